The zero-order chi connectivity index (χ0) is 21.9. The first-order valence-corrected chi connectivity index (χ1v) is 11.5. The zero-order valence-corrected chi connectivity index (χ0v) is 18.9. The molecule has 2 aromatic heterocycles. The van der Waals surface area contributed by atoms with E-state index in [1.165, 1.54) is 19.3 Å². The number of halogens is 1. The predicted molar refractivity (Wildman–Crippen MR) is 132 cm³/mol. The summed E-state index contributed by atoms with van der Waals surface area (Å²) in [6.07, 6.45) is 8.03. The van der Waals surface area contributed by atoms with Crippen LogP contribution in [0.4, 0.5) is 17.2 Å². The van der Waals surface area contributed by atoms with Crippen LogP contribution in [0, 0.1) is 6.92 Å². The Morgan fingerprint density at radius 2 is 1.81 bits per heavy atom. The molecule has 4 aromatic rings. The summed E-state index contributed by atoms with van der Waals surface area (Å²) in [7, 11) is 0. The van der Waals surface area contributed by atoms with Crippen molar-refractivity contribution in [3.05, 3.63) is 82.9 Å². The molecular formula is C26H26ClN5. The summed E-state index contributed by atoms with van der Waals surface area (Å²) >= 11 is 6.64. The topological polar surface area (TPSA) is 53.9 Å². The lowest BCUT2D eigenvalue weighted by Crippen LogP contribution is -2.29. The lowest BCUT2D eigenvalue weighted by atomic mass is 10.1. The molecule has 1 N–H and O–H groups in total. The Labute approximate surface area is 193 Å². The molecule has 1 aliphatic heterocycles. The Balaban J connectivity index is 1.35. The first kappa shape index (κ1) is 20.7. The van der Waals surface area contributed by atoms with Crippen LogP contribution in [-0.4, -0.2) is 28.0 Å². The summed E-state index contributed by atoms with van der Waals surface area (Å²) in [4.78, 5) is 16.1. The van der Waals surface area contributed by atoms with Crippen LogP contribution in [0.1, 0.15) is 36.2 Å². The number of benzene rings is 2. The largest absolute Gasteiger partial charge is 0.370 e. The molecule has 0 radical (unpaired) electrons. The second-order valence-electron chi connectivity index (χ2n) is 8.32. The third-order valence-electron chi connectivity index (χ3n) is 6.01. The minimum Gasteiger partial charge on any atom is -0.370 e. The molecule has 0 unspecified atom stereocenters. The van der Waals surface area contributed by atoms with Gasteiger partial charge in [0.2, 0.25) is 0 Å². The standard InChI is InChI=1S/C26H26ClN5/c1-18-6-5-7-20-22(10-12-29-26(18)20)30-24-11-13-28-25(31-24)17-19-8-9-23(21(27)16-19)32-14-3-2-4-15-32/h5-13,16H,2-4,14-15,17H2,1H3,(H,28,29,30,31). The minimum atomic E-state index is 0.631. The third-order valence-corrected chi connectivity index (χ3v) is 6.31. The highest BCUT2D eigenvalue weighted by Gasteiger charge is 2.14. The van der Waals surface area contributed by atoms with Gasteiger partial charge in [-0.2, -0.15) is 0 Å². The van der Waals surface area contributed by atoms with E-state index in [-0.39, 0.29) is 0 Å². The number of anilines is 3. The molecule has 1 saturated heterocycles. The fourth-order valence-corrected chi connectivity index (χ4v) is 4.68. The van der Waals surface area contributed by atoms with Gasteiger partial charge in [-0.15, -0.1) is 0 Å². The summed E-state index contributed by atoms with van der Waals surface area (Å²) in [6, 6.07) is 16.4. The molecule has 0 bridgehead atoms. The van der Waals surface area contributed by atoms with E-state index in [1.807, 2.05) is 30.5 Å². The van der Waals surface area contributed by atoms with Crippen molar-refractivity contribution in [3.63, 3.8) is 0 Å². The second-order valence-corrected chi connectivity index (χ2v) is 8.73. The van der Waals surface area contributed by atoms with Gasteiger partial charge in [0.05, 0.1) is 21.9 Å². The van der Waals surface area contributed by atoms with Crippen molar-refractivity contribution in [3.8, 4) is 0 Å². The molecule has 0 saturated carbocycles. The van der Waals surface area contributed by atoms with E-state index in [0.717, 1.165) is 63.2 Å². The minimum absolute atomic E-state index is 0.631. The van der Waals surface area contributed by atoms with Crippen molar-refractivity contribution in [2.45, 2.75) is 32.6 Å². The Morgan fingerprint density at radius 1 is 0.969 bits per heavy atom. The molecular weight excluding hydrogens is 418 g/mol. The fraction of sp³-hybridized carbons (Fsp3) is 0.269. The Morgan fingerprint density at radius 3 is 2.66 bits per heavy atom. The average Bonchev–Trinajstić information content (AvgIpc) is 2.81. The molecule has 5 nitrogen and oxygen atoms in total. The summed E-state index contributed by atoms with van der Waals surface area (Å²) in [5, 5.41) is 5.32. The first-order chi connectivity index (χ1) is 15.7. The number of nitrogens with one attached hydrogen (secondary N) is 1. The van der Waals surface area contributed by atoms with E-state index in [0.29, 0.717) is 6.42 Å². The van der Waals surface area contributed by atoms with E-state index < -0.39 is 0 Å². The molecule has 162 valence electrons. The molecule has 5 rings (SSSR count). The van der Waals surface area contributed by atoms with Crippen molar-refractivity contribution in [1.82, 2.24) is 15.0 Å². The van der Waals surface area contributed by atoms with E-state index >= 15 is 0 Å². The Bertz CT molecular complexity index is 1250. The van der Waals surface area contributed by atoms with Gasteiger partial charge in [0.15, 0.2) is 0 Å². The SMILES string of the molecule is Cc1cccc2c(Nc3ccnc(Cc4ccc(N5CCCCC5)c(Cl)c4)n3)ccnc12. The first-order valence-electron chi connectivity index (χ1n) is 11.1. The maximum Gasteiger partial charge on any atom is 0.135 e. The van der Waals surface area contributed by atoms with E-state index in [4.69, 9.17) is 16.6 Å². The normalized spacial score (nSPS) is 14.0. The number of piperidine rings is 1. The number of nitrogens with zero attached hydrogens (tertiary/aromatic N) is 4. The molecule has 6 heteroatoms. The third kappa shape index (κ3) is 4.39. The number of hydrogen-bond donors (Lipinski definition) is 1. The van der Waals surface area contributed by atoms with Crippen LogP contribution < -0.4 is 10.2 Å². The summed E-state index contributed by atoms with van der Waals surface area (Å²) in [5.41, 5.74) is 5.37. The number of aromatic nitrogens is 3. The van der Waals surface area contributed by atoms with Crippen molar-refractivity contribution >= 4 is 39.7 Å². The molecule has 0 spiro atoms. The molecule has 32 heavy (non-hydrogen) atoms. The van der Waals surface area contributed by atoms with E-state index in [9.17, 15) is 0 Å². The van der Waals surface area contributed by atoms with Crippen LogP contribution in [0.3, 0.4) is 0 Å². The molecule has 1 fully saturated rings. The van der Waals surface area contributed by atoms with Crippen LogP contribution in [-0.2, 0) is 6.42 Å². The second kappa shape index (κ2) is 9.13. The molecule has 0 aliphatic carbocycles. The van der Waals surface area contributed by atoms with Gasteiger partial charge < -0.3 is 10.2 Å². The summed E-state index contributed by atoms with van der Waals surface area (Å²) in [5.74, 6) is 1.52. The van der Waals surface area contributed by atoms with Gasteiger partial charge in [0.25, 0.3) is 0 Å². The summed E-state index contributed by atoms with van der Waals surface area (Å²) in [6.45, 7) is 4.24. The van der Waals surface area contributed by atoms with Gasteiger partial charge in [0.1, 0.15) is 11.6 Å². The maximum atomic E-state index is 6.64. The molecule has 1 aliphatic rings. The van der Waals surface area contributed by atoms with Gasteiger partial charge >= 0.3 is 0 Å². The van der Waals surface area contributed by atoms with Gasteiger partial charge in [-0.25, -0.2) is 9.97 Å². The highest BCUT2D eigenvalue weighted by molar-refractivity contribution is 6.33. The lowest BCUT2D eigenvalue weighted by molar-refractivity contribution is 0.578. The lowest BCUT2D eigenvalue weighted by Gasteiger charge is -2.29. The molecule has 3 heterocycles. The number of pyridine rings is 1. The highest BCUT2D eigenvalue weighted by atomic mass is 35.5. The monoisotopic (exact) mass is 443 g/mol. The smallest absolute Gasteiger partial charge is 0.135 e. The van der Waals surface area contributed by atoms with Crippen LogP contribution in [0.5, 0.6) is 0 Å². The van der Waals surface area contributed by atoms with Gasteiger partial charge in [-0.05, 0) is 61.6 Å². The maximum absolute atomic E-state index is 6.64. The predicted octanol–water partition coefficient (Wildman–Crippen LogP) is 6.31. The van der Waals surface area contributed by atoms with E-state index in [1.54, 1.807) is 6.20 Å². The average molecular weight is 444 g/mol. The van der Waals surface area contributed by atoms with Crippen LogP contribution in [0.15, 0.2) is 60.9 Å². The quantitative estimate of drug-likeness (QED) is 0.391. The zero-order valence-electron chi connectivity index (χ0n) is 18.2. The highest BCUT2D eigenvalue weighted by Crippen LogP contribution is 2.30. The van der Waals surface area contributed by atoms with Gasteiger partial charge in [-0.3, -0.25) is 4.98 Å². The Hall–Kier alpha value is -3.18. The summed E-state index contributed by atoms with van der Waals surface area (Å²) < 4.78 is 0. The molecule has 0 amide bonds. The van der Waals surface area contributed by atoms with Crippen molar-refractivity contribution in [2.75, 3.05) is 23.3 Å². The van der Waals surface area contributed by atoms with Crippen LogP contribution >= 0.6 is 11.6 Å². The van der Waals surface area contributed by atoms with Gasteiger partial charge in [0, 0.05) is 37.3 Å². The van der Waals surface area contributed by atoms with Crippen molar-refractivity contribution in [2.24, 2.45) is 0 Å². The Kier molecular flexibility index (Phi) is 5.91. The van der Waals surface area contributed by atoms with Crippen LogP contribution in [0.2, 0.25) is 5.02 Å². The number of para-hydroxylation sites is 1. The molecule has 2 aromatic carbocycles. The van der Waals surface area contributed by atoms with E-state index in [2.05, 4.69) is 51.4 Å². The molecule has 0 atom stereocenters. The number of fused-ring (bicyclic) bond motifs is 1. The number of rotatable bonds is 5. The van der Waals surface area contributed by atoms with Crippen LogP contribution in [0.25, 0.3) is 10.9 Å². The van der Waals surface area contributed by atoms with Crippen molar-refractivity contribution in [1.29, 1.82) is 0 Å². The van der Waals surface area contributed by atoms with Gasteiger partial charge in [-0.1, -0.05) is 35.9 Å². The fourth-order valence-electron chi connectivity index (χ4n) is 4.36. The van der Waals surface area contributed by atoms with Crippen molar-refractivity contribution < 1.29 is 0 Å². The number of aryl methyl sites for hydroxylation is 1. The number of hydrogen-bond acceptors (Lipinski definition) is 5.